The van der Waals surface area contributed by atoms with E-state index in [1.165, 1.54) is 0 Å². The predicted octanol–water partition coefficient (Wildman–Crippen LogP) is 3.68. The maximum atomic E-state index is 12.2. The molecule has 9 heteroatoms. The highest BCUT2D eigenvalue weighted by Crippen LogP contribution is 2.27. The highest BCUT2D eigenvalue weighted by Gasteiger charge is 2.37. The highest BCUT2D eigenvalue weighted by atomic mass is 16.6. The lowest BCUT2D eigenvalue weighted by Gasteiger charge is -2.23. The summed E-state index contributed by atoms with van der Waals surface area (Å²) in [5.74, 6) is 2.02. The average Bonchev–Trinajstić information content (AvgIpc) is 3.36. The first-order valence-corrected chi connectivity index (χ1v) is 9.47. The standard InChI is InChI=1S/C20H22N6O3/c1-12(2)15-11-28-20(27)26(15)16-9-10-21-19(23-16)22-13(3)18-24-17(25-29-18)14-7-5-4-6-8-14/h4-10,12-13,15H,11H2,1-3H3,(H,21,22,23)/t13-,15-/m1/s1. The number of nitrogens with one attached hydrogen (secondary N) is 1. The zero-order valence-electron chi connectivity index (χ0n) is 16.4. The molecule has 1 amide bonds. The van der Waals surface area contributed by atoms with Gasteiger partial charge in [0, 0.05) is 11.8 Å². The van der Waals surface area contributed by atoms with Gasteiger partial charge in [0.1, 0.15) is 18.5 Å². The van der Waals surface area contributed by atoms with Gasteiger partial charge in [-0.25, -0.2) is 9.78 Å². The van der Waals surface area contributed by atoms with Crippen molar-refractivity contribution in [1.82, 2.24) is 20.1 Å². The molecule has 1 N–H and O–H groups in total. The Bertz CT molecular complexity index is 991. The van der Waals surface area contributed by atoms with Crippen LogP contribution in [0.4, 0.5) is 16.6 Å². The normalized spacial score (nSPS) is 17.4. The molecule has 0 spiro atoms. The predicted molar refractivity (Wildman–Crippen MR) is 106 cm³/mol. The fraction of sp³-hybridized carbons (Fsp3) is 0.350. The topological polar surface area (TPSA) is 106 Å². The molecule has 4 rings (SSSR count). The molecule has 1 aromatic carbocycles. The molecule has 2 aromatic heterocycles. The van der Waals surface area contributed by atoms with Gasteiger partial charge in [-0.05, 0) is 18.9 Å². The number of benzene rings is 1. The van der Waals surface area contributed by atoms with Crippen LogP contribution in [0.15, 0.2) is 47.1 Å². The van der Waals surface area contributed by atoms with Crippen LogP contribution in [0.2, 0.25) is 0 Å². The van der Waals surface area contributed by atoms with Gasteiger partial charge in [0.15, 0.2) is 0 Å². The van der Waals surface area contributed by atoms with Crippen LogP contribution in [0, 0.1) is 5.92 Å². The molecule has 9 nitrogen and oxygen atoms in total. The van der Waals surface area contributed by atoms with Gasteiger partial charge in [0.25, 0.3) is 0 Å². The summed E-state index contributed by atoms with van der Waals surface area (Å²) in [6.07, 6.45) is 1.20. The zero-order valence-corrected chi connectivity index (χ0v) is 16.4. The first-order chi connectivity index (χ1) is 14.0. The first kappa shape index (κ1) is 18.9. The summed E-state index contributed by atoms with van der Waals surface area (Å²) >= 11 is 0. The van der Waals surface area contributed by atoms with Crippen molar-refractivity contribution >= 4 is 17.9 Å². The number of rotatable bonds is 6. The van der Waals surface area contributed by atoms with Crippen LogP contribution < -0.4 is 10.2 Å². The molecule has 1 fully saturated rings. The van der Waals surface area contributed by atoms with Crippen LogP contribution in [-0.4, -0.2) is 38.9 Å². The molecule has 0 unspecified atom stereocenters. The van der Waals surface area contributed by atoms with E-state index >= 15 is 0 Å². The lowest BCUT2D eigenvalue weighted by molar-refractivity contribution is 0.177. The summed E-state index contributed by atoms with van der Waals surface area (Å²) in [6, 6.07) is 10.9. The number of anilines is 2. The molecule has 1 aliphatic heterocycles. The highest BCUT2D eigenvalue weighted by molar-refractivity contribution is 5.89. The molecule has 0 bridgehead atoms. The van der Waals surface area contributed by atoms with Crippen LogP contribution in [0.5, 0.6) is 0 Å². The third-order valence-electron chi connectivity index (χ3n) is 4.75. The van der Waals surface area contributed by atoms with Gasteiger partial charge in [-0.3, -0.25) is 4.90 Å². The summed E-state index contributed by atoms with van der Waals surface area (Å²) in [7, 11) is 0. The largest absolute Gasteiger partial charge is 0.447 e. The van der Waals surface area contributed by atoms with Crippen LogP contribution in [0.3, 0.4) is 0 Å². The summed E-state index contributed by atoms with van der Waals surface area (Å²) in [6.45, 7) is 6.31. The number of cyclic esters (lactones) is 1. The van der Waals surface area contributed by atoms with Gasteiger partial charge in [0.05, 0.1) is 6.04 Å². The molecule has 29 heavy (non-hydrogen) atoms. The molecule has 0 aliphatic carbocycles. The zero-order chi connectivity index (χ0) is 20.4. The first-order valence-electron chi connectivity index (χ1n) is 9.47. The number of carbonyl (C=O) groups is 1. The van der Waals surface area contributed by atoms with Gasteiger partial charge < -0.3 is 14.6 Å². The third kappa shape index (κ3) is 3.89. The maximum Gasteiger partial charge on any atom is 0.415 e. The van der Waals surface area contributed by atoms with Crippen molar-refractivity contribution in [2.75, 3.05) is 16.8 Å². The number of ether oxygens (including phenoxy) is 1. The Labute approximate surface area is 168 Å². The molecule has 0 saturated carbocycles. The molecule has 1 saturated heterocycles. The van der Waals surface area contributed by atoms with E-state index in [1.807, 2.05) is 51.1 Å². The van der Waals surface area contributed by atoms with Crippen molar-refractivity contribution in [1.29, 1.82) is 0 Å². The number of amides is 1. The number of aromatic nitrogens is 4. The molecule has 3 heterocycles. The van der Waals surface area contributed by atoms with E-state index in [0.29, 0.717) is 30.1 Å². The minimum absolute atomic E-state index is 0.0629. The van der Waals surface area contributed by atoms with Crippen molar-refractivity contribution in [3.8, 4) is 11.4 Å². The van der Waals surface area contributed by atoms with Crippen LogP contribution in [-0.2, 0) is 4.74 Å². The van der Waals surface area contributed by atoms with Crippen molar-refractivity contribution in [2.24, 2.45) is 5.92 Å². The second-order valence-corrected chi connectivity index (χ2v) is 7.18. The third-order valence-corrected chi connectivity index (χ3v) is 4.75. The van der Waals surface area contributed by atoms with Gasteiger partial charge in [-0.1, -0.05) is 49.3 Å². The SMILES string of the molecule is CC(C)[C@H]1COC(=O)N1c1ccnc(N[C@H](C)c2nc(-c3ccccc3)no2)n1. The van der Waals surface area contributed by atoms with Gasteiger partial charge in [0.2, 0.25) is 17.7 Å². The molecule has 150 valence electrons. The van der Waals surface area contributed by atoms with E-state index in [2.05, 4.69) is 25.4 Å². The lowest BCUT2D eigenvalue weighted by Crippen LogP contribution is -2.37. The van der Waals surface area contributed by atoms with E-state index in [-0.39, 0.29) is 18.0 Å². The van der Waals surface area contributed by atoms with Crippen LogP contribution in [0.1, 0.15) is 32.7 Å². The molecule has 2 atom stereocenters. The van der Waals surface area contributed by atoms with Gasteiger partial charge >= 0.3 is 6.09 Å². The molecular weight excluding hydrogens is 372 g/mol. The van der Waals surface area contributed by atoms with Crippen LogP contribution >= 0.6 is 0 Å². The summed E-state index contributed by atoms with van der Waals surface area (Å²) in [4.78, 5) is 26.9. The molecule has 0 radical (unpaired) electrons. The Hall–Kier alpha value is -3.49. The van der Waals surface area contributed by atoms with E-state index < -0.39 is 6.09 Å². The minimum Gasteiger partial charge on any atom is -0.447 e. The van der Waals surface area contributed by atoms with E-state index in [4.69, 9.17) is 9.26 Å². The number of hydrogen-bond acceptors (Lipinski definition) is 8. The van der Waals surface area contributed by atoms with Gasteiger partial charge in [-0.2, -0.15) is 9.97 Å². The summed E-state index contributed by atoms with van der Waals surface area (Å²) in [5, 5.41) is 7.18. The van der Waals surface area contributed by atoms with Crippen molar-refractivity contribution < 1.29 is 14.1 Å². The van der Waals surface area contributed by atoms with Crippen LogP contribution in [0.25, 0.3) is 11.4 Å². The summed E-state index contributed by atoms with van der Waals surface area (Å²) in [5.41, 5.74) is 0.875. The van der Waals surface area contributed by atoms with Crippen molar-refractivity contribution in [3.63, 3.8) is 0 Å². The van der Waals surface area contributed by atoms with Crippen molar-refractivity contribution in [2.45, 2.75) is 32.9 Å². The average molecular weight is 394 g/mol. The molecule has 3 aromatic rings. The Kier molecular flexibility index (Phi) is 5.11. The smallest absolute Gasteiger partial charge is 0.415 e. The number of hydrogen-bond donors (Lipinski definition) is 1. The molecule has 1 aliphatic rings. The maximum absolute atomic E-state index is 12.2. The fourth-order valence-corrected chi connectivity index (χ4v) is 3.11. The Balaban J connectivity index is 1.51. The van der Waals surface area contributed by atoms with E-state index in [1.54, 1.807) is 17.2 Å². The monoisotopic (exact) mass is 394 g/mol. The minimum atomic E-state index is -0.397. The van der Waals surface area contributed by atoms with Crippen molar-refractivity contribution in [3.05, 3.63) is 48.5 Å². The molecular formula is C20H22N6O3. The fourth-order valence-electron chi connectivity index (χ4n) is 3.11. The lowest BCUT2D eigenvalue weighted by atomic mass is 10.0. The Morgan fingerprint density at radius 3 is 2.69 bits per heavy atom. The second kappa shape index (κ2) is 7.86. The van der Waals surface area contributed by atoms with E-state index in [9.17, 15) is 4.79 Å². The van der Waals surface area contributed by atoms with Gasteiger partial charge in [-0.15, -0.1) is 0 Å². The van der Waals surface area contributed by atoms with E-state index in [0.717, 1.165) is 5.56 Å². The Morgan fingerprint density at radius 2 is 1.93 bits per heavy atom. The quantitative estimate of drug-likeness (QED) is 0.675. The second-order valence-electron chi connectivity index (χ2n) is 7.18. The number of carbonyl (C=O) groups excluding carboxylic acids is 1. The number of nitrogens with zero attached hydrogens (tertiary/aromatic N) is 5. The Morgan fingerprint density at radius 1 is 1.14 bits per heavy atom. The summed E-state index contributed by atoms with van der Waals surface area (Å²) < 4.78 is 10.6.